The molecule has 18 heavy (non-hydrogen) atoms. The minimum Gasteiger partial charge on any atom is -0.385 e. The molecule has 0 N–H and O–H groups in total. The number of hydrogen-bond acceptors (Lipinski definition) is 4. The van der Waals surface area contributed by atoms with E-state index in [1.54, 1.807) is 6.07 Å². The lowest BCUT2D eigenvalue weighted by Gasteiger charge is -2.14. The summed E-state index contributed by atoms with van der Waals surface area (Å²) < 4.78 is 30.7. The van der Waals surface area contributed by atoms with Gasteiger partial charge in [-0.1, -0.05) is 15.9 Å². The summed E-state index contributed by atoms with van der Waals surface area (Å²) in [6.07, 6.45) is 0.483. The number of sulfonamides is 1. The summed E-state index contributed by atoms with van der Waals surface area (Å²) in [5, 5.41) is 0. The molecule has 1 aromatic carbocycles. The first kappa shape index (κ1) is 13.5. The fourth-order valence-corrected chi connectivity index (χ4v) is 3.78. The zero-order valence-electron chi connectivity index (χ0n) is 9.72. The van der Waals surface area contributed by atoms with E-state index in [-0.39, 0.29) is 17.0 Å². The number of hydrogen-bond donors (Lipinski definition) is 0. The normalized spacial score (nSPS) is 17.0. The predicted molar refractivity (Wildman–Crippen MR) is 68.9 cm³/mol. The van der Waals surface area contributed by atoms with Crippen molar-refractivity contribution in [3.05, 3.63) is 28.2 Å². The molecule has 0 aliphatic carbocycles. The van der Waals surface area contributed by atoms with Gasteiger partial charge in [0.05, 0.1) is 5.56 Å². The van der Waals surface area contributed by atoms with Gasteiger partial charge in [-0.05, 0) is 24.6 Å². The van der Waals surface area contributed by atoms with Crippen LogP contribution in [0.2, 0.25) is 0 Å². The van der Waals surface area contributed by atoms with Gasteiger partial charge in [-0.2, -0.15) is 0 Å². The first-order chi connectivity index (χ1) is 8.48. The molecule has 0 unspecified atom stereocenters. The Morgan fingerprint density at radius 2 is 2.11 bits per heavy atom. The van der Waals surface area contributed by atoms with Crippen molar-refractivity contribution in [2.45, 2.75) is 11.3 Å². The molecule has 0 radical (unpaired) electrons. The van der Waals surface area contributed by atoms with Gasteiger partial charge in [-0.3, -0.25) is 4.79 Å². The minimum atomic E-state index is -3.69. The second kappa shape index (κ2) is 4.99. The van der Waals surface area contributed by atoms with Gasteiger partial charge in [0.15, 0.2) is 0 Å². The van der Waals surface area contributed by atoms with E-state index >= 15 is 0 Å². The van der Waals surface area contributed by atoms with Gasteiger partial charge in [0.25, 0.3) is 15.9 Å². The molecular weight excluding hydrogens is 322 g/mol. The maximum atomic E-state index is 12.1. The molecule has 2 rings (SSSR count). The smallest absolute Gasteiger partial charge is 0.269 e. The Morgan fingerprint density at radius 3 is 2.78 bits per heavy atom. The maximum absolute atomic E-state index is 12.1. The predicted octanol–water partition coefficient (Wildman–Crippen LogP) is 1.63. The van der Waals surface area contributed by atoms with Crippen LogP contribution in [-0.4, -0.2) is 38.9 Å². The molecule has 1 aliphatic heterocycles. The Balaban J connectivity index is 2.35. The summed E-state index contributed by atoms with van der Waals surface area (Å²) in [6.45, 7) is 0.556. The SMILES string of the molecule is COCCCN1C(=O)c2cc(Br)ccc2S1(=O)=O. The lowest BCUT2D eigenvalue weighted by atomic mass is 10.2. The summed E-state index contributed by atoms with van der Waals surface area (Å²) >= 11 is 3.23. The number of ether oxygens (including phenoxy) is 1. The first-order valence-electron chi connectivity index (χ1n) is 5.34. The van der Waals surface area contributed by atoms with Crippen LogP contribution in [0.4, 0.5) is 0 Å². The van der Waals surface area contributed by atoms with Gasteiger partial charge in [-0.25, -0.2) is 12.7 Å². The van der Waals surface area contributed by atoms with Crippen LogP contribution in [0.1, 0.15) is 16.8 Å². The number of methoxy groups -OCH3 is 1. The molecule has 0 saturated heterocycles. The highest BCUT2D eigenvalue weighted by Crippen LogP contribution is 2.32. The molecule has 98 valence electrons. The Morgan fingerprint density at radius 1 is 1.39 bits per heavy atom. The second-order valence-electron chi connectivity index (χ2n) is 3.87. The number of carbonyl (C=O) groups excluding carboxylic acids is 1. The van der Waals surface area contributed by atoms with Crippen LogP contribution in [0.15, 0.2) is 27.6 Å². The van der Waals surface area contributed by atoms with Crippen LogP contribution in [0.25, 0.3) is 0 Å². The molecule has 0 bridgehead atoms. The highest BCUT2D eigenvalue weighted by Gasteiger charge is 2.40. The van der Waals surface area contributed by atoms with E-state index in [2.05, 4.69) is 15.9 Å². The number of fused-ring (bicyclic) bond motifs is 1. The van der Waals surface area contributed by atoms with Gasteiger partial charge in [0, 0.05) is 24.7 Å². The number of rotatable bonds is 4. The zero-order chi connectivity index (χ0) is 13.3. The van der Waals surface area contributed by atoms with Crippen LogP contribution in [0, 0.1) is 0 Å². The van der Waals surface area contributed by atoms with Gasteiger partial charge in [0.2, 0.25) is 0 Å². The van der Waals surface area contributed by atoms with E-state index in [1.165, 1.54) is 19.2 Å². The molecule has 0 aromatic heterocycles. The van der Waals surface area contributed by atoms with Crippen molar-refractivity contribution >= 4 is 31.9 Å². The van der Waals surface area contributed by atoms with Crippen LogP contribution < -0.4 is 0 Å². The molecule has 0 saturated carbocycles. The van der Waals surface area contributed by atoms with E-state index in [0.29, 0.717) is 17.5 Å². The fourth-order valence-electron chi connectivity index (χ4n) is 1.83. The van der Waals surface area contributed by atoms with Gasteiger partial charge < -0.3 is 4.74 Å². The van der Waals surface area contributed by atoms with Crippen molar-refractivity contribution in [2.24, 2.45) is 0 Å². The molecule has 0 spiro atoms. The van der Waals surface area contributed by atoms with E-state index in [4.69, 9.17) is 4.74 Å². The molecule has 1 aliphatic rings. The van der Waals surface area contributed by atoms with Gasteiger partial charge in [0.1, 0.15) is 4.90 Å². The van der Waals surface area contributed by atoms with E-state index in [1.807, 2.05) is 0 Å². The number of benzene rings is 1. The maximum Gasteiger partial charge on any atom is 0.269 e. The fraction of sp³-hybridized carbons (Fsp3) is 0.364. The van der Waals surface area contributed by atoms with E-state index in [0.717, 1.165) is 4.31 Å². The summed E-state index contributed by atoms with van der Waals surface area (Å²) in [4.78, 5) is 12.1. The molecule has 7 heteroatoms. The number of halogens is 1. The lowest BCUT2D eigenvalue weighted by Crippen LogP contribution is -2.31. The third-order valence-electron chi connectivity index (χ3n) is 2.68. The summed E-state index contributed by atoms with van der Waals surface area (Å²) in [5.74, 6) is -0.470. The van der Waals surface area contributed by atoms with Crippen molar-refractivity contribution in [3.63, 3.8) is 0 Å². The minimum absolute atomic E-state index is 0.0770. The van der Waals surface area contributed by atoms with Crippen molar-refractivity contribution in [3.8, 4) is 0 Å². The summed E-state index contributed by atoms with van der Waals surface area (Å²) in [5.41, 5.74) is 0.224. The average Bonchev–Trinajstić information content (AvgIpc) is 2.50. The quantitative estimate of drug-likeness (QED) is 0.785. The Labute approximate surface area is 114 Å². The summed E-state index contributed by atoms with van der Waals surface area (Å²) in [6, 6.07) is 4.59. The first-order valence-corrected chi connectivity index (χ1v) is 7.57. The largest absolute Gasteiger partial charge is 0.385 e. The van der Waals surface area contributed by atoms with Crippen LogP contribution in [-0.2, 0) is 14.8 Å². The highest BCUT2D eigenvalue weighted by atomic mass is 79.9. The van der Waals surface area contributed by atoms with Crippen molar-refractivity contribution < 1.29 is 17.9 Å². The zero-order valence-corrected chi connectivity index (χ0v) is 12.1. The number of nitrogens with zero attached hydrogens (tertiary/aromatic N) is 1. The van der Waals surface area contributed by atoms with Gasteiger partial charge >= 0.3 is 0 Å². The third kappa shape index (κ3) is 2.17. The molecule has 0 atom stereocenters. The molecule has 0 fully saturated rings. The summed E-state index contributed by atoms with van der Waals surface area (Å²) in [7, 11) is -2.15. The average molecular weight is 334 g/mol. The monoisotopic (exact) mass is 333 g/mol. The molecule has 5 nitrogen and oxygen atoms in total. The second-order valence-corrected chi connectivity index (χ2v) is 6.62. The van der Waals surface area contributed by atoms with E-state index in [9.17, 15) is 13.2 Å². The third-order valence-corrected chi connectivity index (χ3v) is 5.01. The van der Waals surface area contributed by atoms with Crippen LogP contribution in [0.5, 0.6) is 0 Å². The molecule has 1 heterocycles. The topological polar surface area (TPSA) is 63.7 Å². The van der Waals surface area contributed by atoms with Crippen molar-refractivity contribution in [1.82, 2.24) is 4.31 Å². The number of amides is 1. The van der Waals surface area contributed by atoms with Gasteiger partial charge in [-0.15, -0.1) is 0 Å². The molecule has 1 aromatic rings. The van der Waals surface area contributed by atoms with Crippen LogP contribution >= 0.6 is 15.9 Å². The molecular formula is C11H12BrNO4S. The lowest BCUT2D eigenvalue weighted by molar-refractivity contribution is 0.0860. The standard InChI is InChI=1S/C11H12BrNO4S/c1-17-6-2-5-13-11(14)9-7-8(12)3-4-10(9)18(13,15)16/h3-4,7H,2,5-6H2,1H3. The Bertz CT molecular complexity index is 585. The Hall–Kier alpha value is -0.920. The van der Waals surface area contributed by atoms with Crippen molar-refractivity contribution in [1.29, 1.82) is 0 Å². The van der Waals surface area contributed by atoms with Crippen LogP contribution in [0.3, 0.4) is 0 Å². The highest BCUT2D eigenvalue weighted by molar-refractivity contribution is 9.10. The van der Waals surface area contributed by atoms with Crippen molar-refractivity contribution in [2.75, 3.05) is 20.3 Å². The molecule has 1 amide bonds. The number of carbonyl (C=O) groups is 1. The Kier molecular flexibility index (Phi) is 3.74. The van der Waals surface area contributed by atoms with E-state index < -0.39 is 15.9 Å².